The second-order valence-corrected chi connectivity index (χ2v) is 7.16. The molecule has 3 heteroatoms. The van der Waals surface area contributed by atoms with Crippen LogP contribution in [0.1, 0.15) is 62.4 Å². The molecular weight excluding hydrogens is 262 g/mol. The molecule has 0 heterocycles. The van der Waals surface area contributed by atoms with Crippen LogP contribution in [0.25, 0.3) is 0 Å². The third-order valence-corrected chi connectivity index (χ3v) is 4.51. The van der Waals surface area contributed by atoms with Crippen LogP contribution in [-0.2, 0) is 5.41 Å². The highest BCUT2D eigenvalue weighted by Crippen LogP contribution is 2.25. The summed E-state index contributed by atoms with van der Waals surface area (Å²) in [6.07, 6.45) is 3.44. The number of carbonyl (C=O) groups excluding carboxylic acids is 1. The van der Waals surface area contributed by atoms with E-state index in [0.29, 0.717) is 5.56 Å². The molecule has 1 aromatic carbocycles. The number of likely N-dealkylation sites (N-methyl/N-ethyl adjacent to an activating group) is 1. The van der Waals surface area contributed by atoms with Crippen LogP contribution < -0.4 is 0 Å². The van der Waals surface area contributed by atoms with Crippen molar-refractivity contribution in [2.45, 2.75) is 64.0 Å². The molecule has 1 aromatic rings. The zero-order valence-corrected chi connectivity index (χ0v) is 13.6. The summed E-state index contributed by atoms with van der Waals surface area (Å²) < 4.78 is 0. The van der Waals surface area contributed by atoms with Gasteiger partial charge in [0.05, 0.1) is 12.1 Å². The van der Waals surface area contributed by atoms with E-state index < -0.39 is 0 Å². The van der Waals surface area contributed by atoms with E-state index in [2.05, 4.69) is 20.8 Å². The van der Waals surface area contributed by atoms with Gasteiger partial charge in [0.1, 0.15) is 0 Å². The normalized spacial score (nSPS) is 22.9. The van der Waals surface area contributed by atoms with Crippen LogP contribution in [0.5, 0.6) is 0 Å². The molecule has 116 valence electrons. The molecule has 3 nitrogen and oxygen atoms in total. The van der Waals surface area contributed by atoms with E-state index in [0.717, 1.165) is 25.7 Å². The molecule has 1 aliphatic carbocycles. The van der Waals surface area contributed by atoms with Gasteiger partial charge in [-0.3, -0.25) is 4.79 Å². The summed E-state index contributed by atoms with van der Waals surface area (Å²) in [6.45, 7) is 6.48. The fourth-order valence-corrected chi connectivity index (χ4v) is 3.01. The second-order valence-electron chi connectivity index (χ2n) is 7.16. The average molecular weight is 289 g/mol. The SMILES string of the molecule is CN(C(=O)c1ccc(C(C)(C)C)cc1)C1CCCCC1O. The number of amides is 1. The maximum Gasteiger partial charge on any atom is 0.253 e. The lowest BCUT2D eigenvalue weighted by Gasteiger charge is -2.35. The Morgan fingerprint density at radius 3 is 2.24 bits per heavy atom. The first-order chi connectivity index (χ1) is 9.80. The van der Waals surface area contributed by atoms with Crippen LogP contribution in [-0.4, -0.2) is 35.1 Å². The van der Waals surface area contributed by atoms with Crippen molar-refractivity contribution >= 4 is 5.91 Å². The van der Waals surface area contributed by atoms with Crippen molar-refractivity contribution in [3.63, 3.8) is 0 Å². The van der Waals surface area contributed by atoms with Crippen LogP contribution in [0.15, 0.2) is 24.3 Å². The Balaban J connectivity index is 2.12. The van der Waals surface area contributed by atoms with Gasteiger partial charge in [-0.2, -0.15) is 0 Å². The minimum Gasteiger partial charge on any atom is -0.391 e. The molecule has 1 N–H and O–H groups in total. The summed E-state index contributed by atoms with van der Waals surface area (Å²) in [5.74, 6) is 0.00130. The Bertz CT molecular complexity index is 487. The maximum absolute atomic E-state index is 12.6. The van der Waals surface area contributed by atoms with Gasteiger partial charge in [0.15, 0.2) is 0 Å². The van der Waals surface area contributed by atoms with Crippen molar-refractivity contribution in [1.29, 1.82) is 0 Å². The first-order valence-corrected chi connectivity index (χ1v) is 7.86. The summed E-state index contributed by atoms with van der Waals surface area (Å²) in [5, 5.41) is 10.1. The Morgan fingerprint density at radius 2 is 1.71 bits per heavy atom. The third kappa shape index (κ3) is 3.65. The topological polar surface area (TPSA) is 40.5 Å². The van der Waals surface area contributed by atoms with Crippen LogP contribution >= 0.6 is 0 Å². The van der Waals surface area contributed by atoms with Gasteiger partial charge in [-0.1, -0.05) is 45.7 Å². The zero-order valence-electron chi connectivity index (χ0n) is 13.6. The van der Waals surface area contributed by atoms with E-state index in [1.165, 1.54) is 5.56 Å². The van der Waals surface area contributed by atoms with Crippen molar-refractivity contribution < 1.29 is 9.90 Å². The van der Waals surface area contributed by atoms with E-state index in [-0.39, 0.29) is 23.5 Å². The lowest BCUT2D eigenvalue weighted by Crippen LogP contribution is -2.46. The first kappa shape index (κ1) is 16.0. The highest BCUT2D eigenvalue weighted by molar-refractivity contribution is 5.94. The predicted molar refractivity (Wildman–Crippen MR) is 85.5 cm³/mol. The molecule has 21 heavy (non-hydrogen) atoms. The number of benzene rings is 1. The van der Waals surface area contributed by atoms with Crippen LogP contribution in [0, 0.1) is 0 Å². The van der Waals surface area contributed by atoms with E-state index in [1.807, 2.05) is 24.3 Å². The highest BCUT2D eigenvalue weighted by atomic mass is 16.3. The number of hydrogen-bond donors (Lipinski definition) is 1. The fourth-order valence-electron chi connectivity index (χ4n) is 3.01. The summed E-state index contributed by atoms with van der Waals surface area (Å²) >= 11 is 0. The fraction of sp³-hybridized carbons (Fsp3) is 0.611. The van der Waals surface area contributed by atoms with Crippen LogP contribution in [0.3, 0.4) is 0 Å². The largest absolute Gasteiger partial charge is 0.391 e. The lowest BCUT2D eigenvalue weighted by molar-refractivity contribution is 0.0268. The Kier molecular flexibility index (Phi) is 4.72. The van der Waals surface area contributed by atoms with Crippen LogP contribution in [0.2, 0.25) is 0 Å². The lowest BCUT2D eigenvalue weighted by atomic mass is 9.86. The molecular formula is C18H27NO2. The van der Waals surface area contributed by atoms with E-state index >= 15 is 0 Å². The van der Waals surface area contributed by atoms with Gasteiger partial charge < -0.3 is 10.0 Å². The Morgan fingerprint density at radius 1 is 1.14 bits per heavy atom. The standard InChI is InChI=1S/C18H27NO2/c1-18(2,3)14-11-9-13(10-12-14)17(21)19(4)15-7-5-6-8-16(15)20/h9-12,15-16,20H,5-8H2,1-4H3. The Labute approximate surface area is 128 Å². The molecule has 0 aromatic heterocycles. The molecule has 0 aliphatic heterocycles. The molecule has 1 fully saturated rings. The number of rotatable bonds is 2. The molecule has 2 rings (SSSR count). The van der Waals surface area contributed by atoms with Crippen molar-refractivity contribution in [2.24, 2.45) is 0 Å². The molecule has 2 unspecified atom stereocenters. The highest BCUT2D eigenvalue weighted by Gasteiger charge is 2.29. The predicted octanol–water partition coefficient (Wildman–Crippen LogP) is 3.36. The number of hydrogen-bond acceptors (Lipinski definition) is 2. The quantitative estimate of drug-likeness (QED) is 0.907. The molecule has 0 spiro atoms. The van der Waals surface area contributed by atoms with Gasteiger partial charge in [-0.05, 0) is 36.0 Å². The minimum absolute atomic E-state index is 0.00130. The van der Waals surface area contributed by atoms with E-state index in [4.69, 9.17) is 0 Å². The maximum atomic E-state index is 12.6. The van der Waals surface area contributed by atoms with Crippen molar-refractivity contribution in [3.8, 4) is 0 Å². The molecule has 0 saturated heterocycles. The summed E-state index contributed by atoms with van der Waals surface area (Å²) in [6, 6.07) is 7.80. The molecule has 1 aliphatic rings. The van der Waals surface area contributed by atoms with Gasteiger partial charge >= 0.3 is 0 Å². The molecule has 1 saturated carbocycles. The number of aliphatic hydroxyl groups excluding tert-OH is 1. The minimum atomic E-state index is -0.387. The summed E-state index contributed by atoms with van der Waals surface area (Å²) in [5.41, 5.74) is 2.01. The zero-order chi connectivity index (χ0) is 15.6. The monoisotopic (exact) mass is 289 g/mol. The second kappa shape index (κ2) is 6.18. The number of aliphatic hydroxyl groups is 1. The Hall–Kier alpha value is -1.35. The van der Waals surface area contributed by atoms with Crippen molar-refractivity contribution in [2.75, 3.05) is 7.05 Å². The molecule has 2 atom stereocenters. The summed E-state index contributed by atoms with van der Waals surface area (Å²) in [4.78, 5) is 14.3. The third-order valence-electron chi connectivity index (χ3n) is 4.51. The van der Waals surface area contributed by atoms with Crippen molar-refractivity contribution in [1.82, 2.24) is 4.90 Å². The average Bonchev–Trinajstić information content (AvgIpc) is 2.45. The number of carbonyl (C=O) groups is 1. The van der Waals surface area contributed by atoms with E-state index in [1.54, 1.807) is 11.9 Å². The van der Waals surface area contributed by atoms with Gasteiger partial charge in [-0.25, -0.2) is 0 Å². The van der Waals surface area contributed by atoms with Gasteiger partial charge in [-0.15, -0.1) is 0 Å². The molecule has 1 amide bonds. The van der Waals surface area contributed by atoms with Gasteiger partial charge in [0.2, 0.25) is 0 Å². The van der Waals surface area contributed by atoms with Crippen molar-refractivity contribution in [3.05, 3.63) is 35.4 Å². The molecule has 0 bridgehead atoms. The summed E-state index contributed by atoms with van der Waals surface area (Å²) in [7, 11) is 1.80. The van der Waals surface area contributed by atoms with E-state index in [9.17, 15) is 9.90 Å². The van der Waals surface area contributed by atoms with Crippen LogP contribution in [0.4, 0.5) is 0 Å². The van der Waals surface area contributed by atoms with Gasteiger partial charge in [0.25, 0.3) is 5.91 Å². The first-order valence-electron chi connectivity index (χ1n) is 7.86. The smallest absolute Gasteiger partial charge is 0.253 e. The molecule has 0 radical (unpaired) electrons. The number of nitrogens with zero attached hydrogens (tertiary/aromatic N) is 1. The van der Waals surface area contributed by atoms with Gasteiger partial charge in [0, 0.05) is 12.6 Å².